The van der Waals surface area contributed by atoms with Crippen LogP contribution in [-0.4, -0.2) is 36.2 Å². The van der Waals surface area contributed by atoms with Gasteiger partial charge in [0, 0.05) is 13.0 Å². The first-order chi connectivity index (χ1) is 22.6. The molecule has 4 nitrogen and oxygen atoms in total. The van der Waals surface area contributed by atoms with Crippen LogP contribution in [0.2, 0.25) is 0 Å². The van der Waals surface area contributed by atoms with Gasteiger partial charge in [0.05, 0.1) is 6.17 Å². The van der Waals surface area contributed by atoms with Crippen LogP contribution >= 0.6 is 0 Å². The predicted molar refractivity (Wildman–Crippen MR) is 204 cm³/mol. The molecule has 1 fully saturated rings. The van der Waals surface area contributed by atoms with Gasteiger partial charge in [0.1, 0.15) is 5.66 Å². The molecule has 2 unspecified atom stereocenters. The minimum atomic E-state index is -0.216. The molecule has 2 N–H and O–H groups in total. The molecular formula is C42H85N3O. The zero-order valence-corrected chi connectivity index (χ0v) is 32.2. The summed E-state index contributed by atoms with van der Waals surface area (Å²) >= 11 is 0. The minimum absolute atomic E-state index is 0.216. The van der Waals surface area contributed by atoms with Gasteiger partial charge in [0.15, 0.2) is 0 Å². The van der Waals surface area contributed by atoms with Crippen molar-refractivity contribution in [3.63, 3.8) is 0 Å². The standard InChI is InChI=1S/C42H85N3O/c1-5-8-10-12-14-16-18-20-22-24-25-27-29-31-33-35-37-40-43-39-42(7-3,45(40)4)44-41(46)38-36-34-32-30-28-26-23-21-19-17-15-13-11-9-6-2/h40,43H,5-39H2,1-4H3,(H,44,46). The Bertz CT molecular complexity index is 655. The molecule has 274 valence electrons. The zero-order valence-electron chi connectivity index (χ0n) is 32.2. The number of carbonyl (C=O) groups is 1. The van der Waals surface area contributed by atoms with Crippen molar-refractivity contribution in [3.8, 4) is 0 Å². The predicted octanol–water partition coefficient (Wildman–Crippen LogP) is 13.0. The van der Waals surface area contributed by atoms with Crippen molar-refractivity contribution in [1.82, 2.24) is 15.5 Å². The minimum Gasteiger partial charge on any atom is -0.337 e. The average molecular weight is 648 g/mol. The Balaban J connectivity index is 1.98. The number of rotatable bonds is 35. The molecule has 1 aliphatic heterocycles. The van der Waals surface area contributed by atoms with Crippen molar-refractivity contribution >= 4 is 5.91 Å². The lowest BCUT2D eigenvalue weighted by atomic mass is 10.0. The Labute approximate surface area is 290 Å². The number of amides is 1. The Kier molecular flexibility index (Phi) is 29.9. The first-order valence-corrected chi connectivity index (χ1v) is 21.4. The molecule has 1 aliphatic rings. The maximum atomic E-state index is 12.9. The van der Waals surface area contributed by atoms with Gasteiger partial charge in [-0.25, -0.2) is 0 Å². The van der Waals surface area contributed by atoms with Gasteiger partial charge in [-0.3, -0.25) is 15.0 Å². The van der Waals surface area contributed by atoms with E-state index in [4.69, 9.17) is 0 Å². The molecule has 1 amide bonds. The number of unbranched alkanes of at least 4 members (excludes halogenated alkanes) is 29. The van der Waals surface area contributed by atoms with E-state index in [0.717, 1.165) is 19.4 Å². The molecule has 0 aromatic rings. The highest BCUT2D eigenvalue weighted by molar-refractivity contribution is 5.76. The Hall–Kier alpha value is -0.610. The maximum absolute atomic E-state index is 12.9. The summed E-state index contributed by atoms with van der Waals surface area (Å²) in [5, 5.41) is 7.19. The molecule has 0 saturated carbocycles. The van der Waals surface area contributed by atoms with Crippen LogP contribution in [0.3, 0.4) is 0 Å². The van der Waals surface area contributed by atoms with Gasteiger partial charge in [-0.1, -0.05) is 213 Å². The van der Waals surface area contributed by atoms with Crippen molar-refractivity contribution in [3.05, 3.63) is 0 Å². The van der Waals surface area contributed by atoms with E-state index in [1.165, 1.54) is 199 Å². The van der Waals surface area contributed by atoms with Crippen LogP contribution in [0.1, 0.15) is 239 Å². The van der Waals surface area contributed by atoms with E-state index in [1.54, 1.807) is 0 Å². The zero-order chi connectivity index (χ0) is 33.4. The van der Waals surface area contributed by atoms with E-state index < -0.39 is 0 Å². The lowest BCUT2D eigenvalue weighted by Gasteiger charge is -2.37. The van der Waals surface area contributed by atoms with E-state index in [9.17, 15) is 4.79 Å². The molecule has 0 bridgehead atoms. The Morgan fingerprint density at radius 1 is 0.543 bits per heavy atom. The third kappa shape index (κ3) is 22.9. The lowest BCUT2D eigenvalue weighted by Crippen LogP contribution is -2.58. The normalized spacial score (nSPS) is 18.5. The van der Waals surface area contributed by atoms with Crippen molar-refractivity contribution in [1.29, 1.82) is 0 Å². The van der Waals surface area contributed by atoms with Gasteiger partial charge in [-0.2, -0.15) is 0 Å². The SMILES string of the molecule is CCCCCCCCCCCCCCCCCCC1NCC(CC)(NC(=O)CCCCCCCCCCCCCCCCC)N1C. The topological polar surface area (TPSA) is 44.4 Å². The van der Waals surface area contributed by atoms with Gasteiger partial charge < -0.3 is 5.32 Å². The quantitative estimate of drug-likeness (QED) is 0.0673. The summed E-state index contributed by atoms with van der Waals surface area (Å²) in [4.78, 5) is 15.3. The van der Waals surface area contributed by atoms with Gasteiger partial charge in [0.2, 0.25) is 5.91 Å². The van der Waals surface area contributed by atoms with Crippen LogP contribution < -0.4 is 10.6 Å². The Morgan fingerprint density at radius 2 is 0.870 bits per heavy atom. The molecule has 4 heteroatoms. The second kappa shape index (κ2) is 31.6. The number of nitrogens with one attached hydrogen (secondary N) is 2. The second-order valence-corrected chi connectivity index (χ2v) is 15.2. The molecule has 1 heterocycles. The summed E-state index contributed by atoms with van der Waals surface area (Å²) < 4.78 is 0. The van der Waals surface area contributed by atoms with Gasteiger partial charge in [-0.15, -0.1) is 0 Å². The first kappa shape index (κ1) is 43.4. The van der Waals surface area contributed by atoms with Crippen LogP contribution in [0.5, 0.6) is 0 Å². The summed E-state index contributed by atoms with van der Waals surface area (Å²) in [5.74, 6) is 0.244. The van der Waals surface area contributed by atoms with Crippen molar-refractivity contribution < 1.29 is 4.79 Å². The molecular weight excluding hydrogens is 562 g/mol. The molecule has 0 aliphatic carbocycles. The molecule has 0 aromatic carbocycles. The number of nitrogens with zero attached hydrogens (tertiary/aromatic N) is 1. The summed E-state index contributed by atoms with van der Waals surface area (Å²) in [6.07, 6.45) is 46.3. The smallest absolute Gasteiger partial charge is 0.221 e. The second-order valence-electron chi connectivity index (χ2n) is 15.2. The van der Waals surface area contributed by atoms with E-state index in [-0.39, 0.29) is 11.6 Å². The molecule has 0 radical (unpaired) electrons. The highest BCUT2D eigenvalue weighted by atomic mass is 16.2. The first-order valence-electron chi connectivity index (χ1n) is 21.4. The van der Waals surface area contributed by atoms with Crippen LogP contribution in [0, 0.1) is 0 Å². The van der Waals surface area contributed by atoms with Crippen molar-refractivity contribution in [2.45, 2.75) is 251 Å². The fraction of sp³-hybridized carbons (Fsp3) is 0.976. The van der Waals surface area contributed by atoms with Crippen LogP contribution in [0.4, 0.5) is 0 Å². The highest BCUT2D eigenvalue weighted by Gasteiger charge is 2.43. The molecule has 0 aromatic heterocycles. The van der Waals surface area contributed by atoms with E-state index in [0.29, 0.717) is 12.6 Å². The third-order valence-corrected chi connectivity index (χ3v) is 11.1. The summed E-state index contributed by atoms with van der Waals surface area (Å²) in [5.41, 5.74) is -0.216. The molecule has 46 heavy (non-hydrogen) atoms. The summed E-state index contributed by atoms with van der Waals surface area (Å²) in [6, 6.07) is 0. The number of hydrogen-bond acceptors (Lipinski definition) is 3. The largest absolute Gasteiger partial charge is 0.337 e. The van der Waals surface area contributed by atoms with E-state index >= 15 is 0 Å². The fourth-order valence-electron chi connectivity index (χ4n) is 7.60. The highest BCUT2D eigenvalue weighted by Crippen LogP contribution is 2.26. The van der Waals surface area contributed by atoms with Crippen molar-refractivity contribution in [2.75, 3.05) is 13.6 Å². The summed E-state index contributed by atoms with van der Waals surface area (Å²) in [7, 11) is 2.22. The van der Waals surface area contributed by atoms with E-state index in [2.05, 4.69) is 43.4 Å². The van der Waals surface area contributed by atoms with Crippen LogP contribution in [-0.2, 0) is 4.79 Å². The maximum Gasteiger partial charge on any atom is 0.221 e. The number of likely N-dealkylation sites (N-methyl/N-ethyl adjacent to an activating group) is 1. The summed E-state index contributed by atoms with van der Waals surface area (Å²) in [6.45, 7) is 7.69. The lowest BCUT2D eigenvalue weighted by molar-refractivity contribution is -0.125. The van der Waals surface area contributed by atoms with Crippen molar-refractivity contribution in [2.24, 2.45) is 0 Å². The third-order valence-electron chi connectivity index (χ3n) is 11.1. The van der Waals surface area contributed by atoms with Gasteiger partial charge in [0.25, 0.3) is 0 Å². The van der Waals surface area contributed by atoms with E-state index in [1.807, 2.05) is 0 Å². The van der Waals surface area contributed by atoms with Gasteiger partial charge >= 0.3 is 0 Å². The van der Waals surface area contributed by atoms with Gasteiger partial charge in [-0.05, 0) is 26.3 Å². The Morgan fingerprint density at radius 3 is 1.22 bits per heavy atom. The average Bonchev–Trinajstić information content (AvgIpc) is 3.36. The number of carbonyl (C=O) groups excluding carboxylic acids is 1. The fourth-order valence-corrected chi connectivity index (χ4v) is 7.60. The molecule has 1 saturated heterocycles. The van der Waals surface area contributed by atoms with Crippen LogP contribution in [0.15, 0.2) is 0 Å². The number of hydrogen-bond donors (Lipinski definition) is 2. The molecule has 1 rings (SSSR count). The molecule has 2 atom stereocenters. The monoisotopic (exact) mass is 648 g/mol. The van der Waals surface area contributed by atoms with Crippen LogP contribution in [0.25, 0.3) is 0 Å². The molecule has 0 spiro atoms.